The van der Waals surface area contributed by atoms with Crippen LogP contribution in [0.3, 0.4) is 0 Å². The summed E-state index contributed by atoms with van der Waals surface area (Å²) in [6, 6.07) is 9.21. The zero-order valence-electron chi connectivity index (χ0n) is 16.9. The van der Waals surface area contributed by atoms with E-state index in [4.69, 9.17) is 9.84 Å². The summed E-state index contributed by atoms with van der Waals surface area (Å²) in [6.45, 7) is 8.48. The molecule has 5 radical (unpaired) electrons. The predicted molar refractivity (Wildman–Crippen MR) is 115 cm³/mol. The number of thioether (sulfide) groups is 1. The maximum absolute atomic E-state index is 5.43. The van der Waals surface area contributed by atoms with Crippen LogP contribution in [0.25, 0.3) is 0 Å². The van der Waals surface area contributed by atoms with E-state index in [9.17, 15) is 0 Å². The van der Waals surface area contributed by atoms with E-state index in [1.165, 1.54) is 28.5 Å². The van der Waals surface area contributed by atoms with Gasteiger partial charge in [-0.15, -0.1) is 11.8 Å². The molecule has 2 fully saturated rings. The number of benzene rings is 1. The lowest BCUT2D eigenvalue weighted by Gasteiger charge is -2.29. The van der Waals surface area contributed by atoms with Gasteiger partial charge in [0.2, 0.25) is 0 Å². The van der Waals surface area contributed by atoms with Gasteiger partial charge in [0, 0.05) is 24.5 Å². The fourth-order valence-electron chi connectivity index (χ4n) is 3.55. The van der Waals surface area contributed by atoms with Crippen LogP contribution in [-0.4, -0.2) is 42.3 Å². The first-order valence-electron chi connectivity index (χ1n) is 9.88. The normalized spacial score (nSPS) is 22.8. The topological polar surface area (TPSA) is 24.8 Å². The van der Waals surface area contributed by atoms with Gasteiger partial charge in [0.05, 0.1) is 23.6 Å². The van der Waals surface area contributed by atoms with Crippen molar-refractivity contribution in [3.8, 4) is 0 Å². The Balaban J connectivity index is 1.86. The Kier molecular flexibility index (Phi) is 7.66. The molecule has 3 nitrogen and oxygen atoms in total. The molecule has 27 heavy (non-hydrogen) atoms. The second-order valence-electron chi connectivity index (χ2n) is 7.67. The fraction of sp³-hybridized carbons (Fsp3) is 0.478. The number of hydrazone groups is 1. The number of hydrogen-bond acceptors (Lipinski definition) is 4. The van der Waals surface area contributed by atoms with E-state index >= 15 is 0 Å². The van der Waals surface area contributed by atoms with Crippen molar-refractivity contribution in [2.45, 2.75) is 49.8 Å². The van der Waals surface area contributed by atoms with Gasteiger partial charge in [-0.05, 0) is 63.5 Å². The number of methoxy groups -OCH3 is 1. The summed E-state index contributed by atoms with van der Waals surface area (Å²) in [7, 11) is 1.78. The van der Waals surface area contributed by atoms with Gasteiger partial charge in [-0.1, -0.05) is 31.5 Å². The van der Waals surface area contributed by atoms with E-state index in [1.54, 1.807) is 7.11 Å². The van der Waals surface area contributed by atoms with E-state index in [1.807, 2.05) is 11.8 Å². The molecule has 1 aliphatic carbocycles. The summed E-state index contributed by atoms with van der Waals surface area (Å²) >= 11 is 1.92. The van der Waals surface area contributed by atoms with Gasteiger partial charge >= 0.3 is 0 Å². The molecule has 1 aromatic carbocycles. The van der Waals surface area contributed by atoms with Crippen LogP contribution in [0, 0.1) is 44.4 Å². The molecule has 2 aliphatic rings. The van der Waals surface area contributed by atoms with Crippen LogP contribution in [0.1, 0.15) is 32.3 Å². The summed E-state index contributed by atoms with van der Waals surface area (Å²) in [5.74, 6) is 1.71. The van der Waals surface area contributed by atoms with Crippen molar-refractivity contribution >= 4 is 17.5 Å². The van der Waals surface area contributed by atoms with Crippen molar-refractivity contribution in [3.05, 3.63) is 61.4 Å². The molecule has 1 aromatic rings. The van der Waals surface area contributed by atoms with Gasteiger partial charge < -0.3 is 4.74 Å². The highest BCUT2D eigenvalue weighted by Gasteiger charge is 2.33. The first-order valence-corrected chi connectivity index (χ1v) is 10.8. The van der Waals surface area contributed by atoms with Crippen LogP contribution in [0.15, 0.2) is 34.3 Å². The zero-order valence-corrected chi connectivity index (χ0v) is 17.7. The van der Waals surface area contributed by atoms with Gasteiger partial charge in [-0.2, -0.15) is 5.10 Å². The third-order valence-electron chi connectivity index (χ3n) is 5.06. The second kappa shape index (κ2) is 9.97. The summed E-state index contributed by atoms with van der Waals surface area (Å²) < 4.78 is 5.43. The Hall–Kier alpha value is -1.00. The molecule has 0 bridgehead atoms. The van der Waals surface area contributed by atoms with Crippen molar-refractivity contribution in [1.29, 1.82) is 0 Å². The third-order valence-corrected chi connectivity index (χ3v) is 6.62. The van der Waals surface area contributed by atoms with Crippen molar-refractivity contribution in [1.82, 2.24) is 5.01 Å². The summed E-state index contributed by atoms with van der Waals surface area (Å²) in [6.07, 6.45) is 10.9. The number of rotatable bonds is 8. The van der Waals surface area contributed by atoms with Crippen LogP contribution >= 0.6 is 11.8 Å². The first-order chi connectivity index (χ1) is 13.1. The summed E-state index contributed by atoms with van der Waals surface area (Å²) in [5, 5.41) is 7.77. The van der Waals surface area contributed by atoms with Crippen molar-refractivity contribution in [2.24, 2.45) is 11.0 Å². The van der Waals surface area contributed by atoms with Crippen LogP contribution < -0.4 is 0 Å². The molecule has 4 heteroatoms. The predicted octanol–water partition coefficient (Wildman–Crippen LogP) is 4.98. The van der Waals surface area contributed by atoms with Crippen molar-refractivity contribution < 1.29 is 4.74 Å². The number of hydrogen-bond donors (Lipinski definition) is 0. The van der Waals surface area contributed by atoms with Gasteiger partial charge in [0.1, 0.15) is 0 Å². The lowest BCUT2D eigenvalue weighted by atomic mass is 9.93. The Labute approximate surface area is 169 Å². The molecular weight excluding hydrogens is 352 g/mol. The Morgan fingerprint density at radius 1 is 1.22 bits per heavy atom. The lowest BCUT2D eigenvalue weighted by molar-refractivity contribution is 0.117. The molecule has 2 atom stereocenters. The number of aryl methyl sites for hydroxylation is 1. The van der Waals surface area contributed by atoms with Crippen LogP contribution in [0.4, 0.5) is 0 Å². The number of ether oxygens (including phenoxy) is 1. The molecule has 1 aliphatic heterocycles. The Morgan fingerprint density at radius 2 is 1.93 bits per heavy atom. The van der Waals surface area contributed by atoms with Gasteiger partial charge in [-0.25, -0.2) is 0 Å². The smallest absolute Gasteiger partial charge is 0.0704 e. The van der Waals surface area contributed by atoms with E-state index in [0.29, 0.717) is 17.2 Å². The number of nitrogens with zero attached hydrogens (tertiary/aromatic N) is 2. The highest BCUT2D eigenvalue weighted by molar-refractivity contribution is 8.00. The van der Waals surface area contributed by atoms with Crippen LogP contribution in [0.5, 0.6) is 0 Å². The highest BCUT2D eigenvalue weighted by Crippen LogP contribution is 2.37. The fourth-order valence-corrected chi connectivity index (χ4v) is 4.70. The molecule has 0 amide bonds. The van der Waals surface area contributed by atoms with E-state index in [2.05, 4.69) is 75.7 Å². The van der Waals surface area contributed by atoms with E-state index < -0.39 is 0 Å². The van der Waals surface area contributed by atoms with E-state index in [0.717, 1.165) is 19.6 Å². The minimum absolute atomic E-state index is 0.305. The highest BCUT2D eigenvalue weighted by atomic mass is 32.2. The molecule has 1 saturated heterocycles. The zero-order chi connectivity index (χ0) is 19.2. The van der Waals surface area contributed by atoms with Gasteiger partial charge in [0.15, 0.2) is 0 Å². The van der Waals surface area contributed by atoms with Crippen LogP contribution in [0.2, 0.25) is 0 Å². The van der Waals surface area contributed by atoms with Crippen molar-refractivity contribution in [2.75, 3.05) is 20.3 Å². The van der Waals surface area contributed by atoms with Gasteiger partial charge in [0.25, 0.3) is 0 Å². The SMILES string of the molecule is COC[C@@H]1CCCN1/N=C(/[C]1[CH][CH][CH][CH]1)[C@@H](Sc1ccc(C)cc1)C(C)C. The average Bonchev–Trinajstić information content (AvgIpc) is 3.32. The Bertz CT molecular complexity index is 607. The van der Waals surface area contributed by atoms with E-state index in [-0.39, 0.29) is 0 Å². The largest absolute Gasteiger partial charge is 0.382 e. The summed E-state index contributed by atoms with van der Waals surface area (Å²) in [4.78, 5) is 1.30. The molecule has 3 rings (SSSR count). The first kappa shape index (κ1) is 20.7. The second-order valence-corrected chi connectivity index (χ2v) is 8.88. The minimum Gasteiger partial charge on any atom is -0.382 e. The van der Waals surface area contributed by atoms with Gasteiger partial charge in [-0.3, -0.25) is 5.01 Å². The molecular formula is C23H31N2OS. The maximum atomic E-state index is 5.43. The molecule has 1 heterocycles. The molecule has 0 unspecified atom stereocenters. The minimum atomic E-state index is 0.305. The molecule has 0 aromatic heterocycles. The molecule has 0 spiro atoms. The quantitative estimate of drug-likeness (QED) is 0.467. The third kappa shape index (κ3) is 5.51. The molecule has 145 valence electrons. The summed E-state index contributed by atoms with van der Waals surface area (Å²) in [5.41, 5.74) is 2.48. The molecule has 1 saturated carbocycles. The Morgan fingerprint density at radius 3 is 2.56 bits per heavy atom. The average molecular weight is 384 g/mol. The van der Waals surface area contributed by atoms with Crippen molar-refractivity contribution in [3.63, 3.8) is 0 Å². The monoisotopic (exact) mass is 383 g/mol. The maximum Gasteiger partial charge on any atom is 0.0704 e. The standard InChI is InChI=1S/C23H31N2OS/c1-17(2)23(27-21-13-11-18(3)12-14-21)22(19-8-5-6-9-19)24-25-15-7-10-20(25)16-26-4/h5-6,8-9,11-14,17,20,23H,7,10,15-16H2,1-4H3/b24-22-/t20-,23-/m0/s1. The van der Waals surface area contributed by atoms with Crippen LogP contribution in [-0.2, 0) is 4.74 Å². The lowest BCUT2D eigenvalue weighted by Crippen LogP contribution is -2.35. The molecule has 0 N–H and O–H groups in total.